The van der Waals surface area contributed by atoms with Crippen LogP contribution in [0.3, 0.4) is 0 Å². The van der Waals surface area contributed by atoms with E-state index in [-0.39, 0.29) is 5.39 Å². The molecule has 0 saturated heterocycles. The minimum atomic E-state index is -1.43. The second kappa shape index (κ2) is 5.09. The Morgan fingerprint density at radius 2 is 2.21 bits per heavy atom. The number of aromatic nitrogens is 2. The lowest BCUT2D eigenvalue weighted by atomic mass is 10.1. The van der Waals surface area contributed by atoms with Crippen LogP contribution in [-0.2, 0) is 6.54 Å². The Labute approximate surface area is 108 Å². The summed E-state index contributed by atoms with van der Waals surface area (Å²) in [5.41, 5.74) is -1.01. The van der Waals surface area contributed by atoms with Gasteiger partial charge in [-0.05, 0) is 18.6 Å². The summed E-state index contributed by atoms with van der Waals surface area (Å²) in [6.07, 6.45) is 3.10. The van der Waals surface area contributed by atoms with Gasteiger partial charge in [0.25, 0.3) is 5.56 Å². The van der Waals surface area contributed by atoms with Gasteiger partial charge in [-0.25, -0.2) is 9.78 Å². The van der Waals surface area contributed by atoms with Crippen molar-refractivity contribution < 1.29 is 15.0 Å². The summed E-state index contributed by atoms with van der Waals surface area (Å²) in [5.74, 6) is -1.95. The van der Waals surface area contributed by atoms with E-state index < -0.39 is 22.8 Å². The van der Waals surface area contributed by atoms with Crippen molar-refractivity contribution >= 4 is 17.0 Å². The first-order valence-electron chi connectivity index (χ1n) is 6.01. The Hall–Kier alpha value is -2.37. The van der Waals surface area contributed by atoms with Gasteiger partial charge < -0.3 is 10.2 Å². The molecule has 0 aliphatic carbocycles. The van der Waals surface area contributed by atoms with E-state index in [0.717, 1.165) is 12.8 Å². The van der Waals surface area contributed by atoms with Crippen LogP contribution in [0.4, 0.5) is 0 Å². The first-order valence-corrected chi connectivity index (χ1v) is 6.01. The van der Waals surface area contributed by atoms with Crippen LogP contribution in [0.2, 0.25) is 0 Å². The number of carboxylic acid groups (broad SMARTS) is 1. The predicted octanol–water partition coefficient (Wildman–Crippen LogP) is 1.60. The molecule has 0 amide bonds. The molecular weight excluding hydrogens is 248 g/mol. The van der Waals surface area contributed by atoms with Gasteiger partial charge in [0, 0.05) is 12.7 Å². The number of aromatic carboxylic acids is 1. The van der Waals surface area contributed by atoms with Gasteiger partial charge in [-0.3, -0.25) is 9.36 Å². The number of aryl methyl sites for hydroxylation is 1. The lowest BCUT2D eigenvalue weighted by molar-refractivity contribution is 0.0691. The Morgan fingerprint density at radius 3 is 2.84 bits per heavy atom. The smallest absolute Gasteiger partial charge is 0.345 e. The number of nitrogens with zero attached hydrogens (tertiary/aromatic N) is 2. The van der Waals surface area contributed by atoms with E-state index in [1.807, 2.05) is 6.92 Å². The molecule has 0 aromatic carbocycles. The van der Waals surface area contributed by atoms with E-state index in [1.165, 1.54) is 10.8 Å². The van der Waals surface area contributed by atoms with Crippen molar-refractivity contribution in [3.8, 4) is 5.75 Å². The molecule has 0 aliphatic heterocycles. The second-order valence-corrected chi connectivity index (χ2v) is 4.21. The van der Waals surface area contributed by atoms with Crippen molar-refractivity contribution in [1.82, 2.24) is 9.55 Å². The number of hydrogen-bond donors (Lipinski definition) is 2. The molecule has 19 heavy (non-hydrogen) atoms. The third-order valence-corrected chi connectivity index (χ3v) is 2.94. The molecule has 0 spiro atoms. The summed E-state index contributed by atoms with van der Waals surface area (Å²) in [6, 6.07) is 3.13. The van der Waals surface area contributed by atoms with Crippen molar-refractivity contribution in [1.29, 1.82) is 0 Å². The van der Waals surface area contributed by atoms with Gasteiger partial charge in [-0.1, -0.05) is 13.3 Å². The Bertz CT molecular complexity index is 691. The van der Waals surface area contributed by atoms with Gasteiger partial charge in [-0.15, -0.1) is 0 Å². The molecule has 0 aliphatic rings. The van der Waals surface area contributed by atoms with Crippen molar-refractivity contribution in [2.24, 2.45) is 0 Å². The number of aromatic hydroxyl groups is 1. The van der Waals surface area contributed by atoms with Crippen LogP contribution in [0, 0.1) is 0 Å². The van der Waals surface area contributed by atoms with E-state index in [9.17, 15) is 14.7 Å². The number of rotatable bonds is 4. The number of fused-ring (bicyclic) bond motifs is 1. The third kappa shape index (κ3) is 2.16. The van der Waals surface area contributed by atoms with Gasteiger partial charge >= 0.3 is 5.97 Å². The molecule has 0 fully saturated rings. The molecule has 100 valence electrons. The Kier molecular flexibility index (Phi) is 3.50. The number of pyridine rings is 2. The topological polar surface area (TPSA) is 92.4 Å². The van der Waals surface area contributed by atoms with Crippen molar-refractivity contribution in [3.63, 3.8) is 0 Å². The summed E-state index contributed by atoms with van der Waals surface area (Å²) in [6.45, 7) is 2.35. The summed E-state index contributed by atoms with van der Waals surface area (Å²) < 4.78 is 1.31. The summed E-state index contributed by atoms with van der Waals surface area (Å²) >= 11 is 0. The van der Waals surface area contributed by atoms with Gasteiger partial charge in [0.15, 0.2) is 5.56 Å². The minimum Gasteiger partial charge on any atom is -0.506 e. The molecule has 0 bridgehead atoms. The lowest BCUT2D eigenvalue weighted by Gasteiger charge is -2.11. The standard InChI is InChI=1S/C13H14N2O4/c1-2-3-7-15-11-8(5-4-6-14-11)10(16)9(12(15)17)13(18)19/h4-6,16H,2-3,7H2,1H3,(H,18,19). The fourth-order valence-corrected chi connectivity index (χ4v) is 1.98. The summed E-state index contributed by atoms with van der Waals surface area (Å²) in [7, 11) is 0. The van der Waals surface area contributed by atoms with E-state index in [1.54, 1.807) is 12.1 Å². The lowest BCUT2D eigenvalue weighted by Crippen LogP contribution is -2.27. The number of carboxylic acids is 1. The fourth-order valence-electron chi connectivity index (χ4n) is 1.98. The summed E-state index contributed by atoms with van der Waals surface area (Å²) in [4.78, 5) is 27.3. The molecule has 0 radical (unpaired) electrons. The van der Waals surface area contributed by atoms with Crippen LogP contribution < -0.4 is 5.56 Å². The first-order chi connectivity index (χ1) is 9.07. The second-order valence-electron chi connectivity index (χ2n) is 4.21. The van der Waals surface area contributed by atoms with E-state index >= 15 is 0 Å². The largest absolute Gasteiger partial charge is 0.506 e. The van der Waals surface area contributed by atoms with Gasteiger partial charge in [-0.2, -0.15) is 0 Å². The van der Waals surface area contributed by atoms with Crippen LogP contribution in [0.25, 0.3) is 11.0 Å². The van der Waals surface area contributed by atoms with Gasteiger partial charge in [0.2, 0.25) is 0 Å². The average Bonchev–Trinajstić information content (AvgIpc) is 2.38. The van der Waals surface area contributed by atoms with Gasteiger partial charge in [0.1, 0.15) is 11.4 Å². The predicted molar refractivity (Wildman–Crippen MR) is 69.5 cm³/mol. The molecule has 2 rings (SSSR count). The zero-order chi connectivity index (χ0) is 14.0. The molecule has 0 unspecified atom stereocenters. The Morgan fingerprint density at radius 1 is 1.47 bits per heavy atom. The average molecular weight is 262 g/mol. The number of carbonyl (C=O) groups is 1. The molecule has 2 heterocycles. The highest BCUT2D eigenvalue weighted by molar-refractivity contribution is 5.97. The van der Waals surface area contributed by atoms with Crippen molar-refractivity contribution in [3.05, 3.63) is 34.2 Å². The molecule has 6 nitrogen and oxygen atoms in total. The highest BCUT2D eigenvalue weighted by Crippen LogP contribution is 2.24. The maximum Gasteiger partial charge on any atom is 0.345 e. The molecule has 2 N–H and O–H groups in total. The van der Waals surface area contributed by atoms with Crippen LogP contribution in [0.1, 0.15) is 30.1 Å². The molecule has 2 aromatic heterocycles. The minimum absolute atomic E-state index is 0.274. The van der Waals surface area contributed by atoms with E-state index in [4.69, 9.17) is 5.11 Å². The number of hydrogen-bond acceptors (Lipinski definition) is 4. The maximum absolute atomic E-state index is 12.1. The zero-order valence-electron chi connectivity index (χ0n) is 10.5. The maximum atomic E-state index is 12.1. The van der Waals surface area contributed by atoms with E-state index in [0.29, 0.717) is 12.2 Å². The van der Waals surface area contributed by atoms with E-state index in [2.05, 4.69) is 4.98 Å². The van der Waals surface area contributed by atoms with Crippen LogP contribution >= 0.6 is 0 Å². The van der Waals surface area contributed by atoms with Gasteiger partial charge in [0.05, 0.1) is 5.39 Å². The summed E-state index contributed by atoms with van der Waals surface area (Å²) in [5, 5.41) is 19.3. The highest BCUT2D eigenvalue weighted by Gasteiger charge is 2.21. The molecular formula is C13H14N2O4. The zero-order valence-corrected chi connectivity index (χ0v) is 10.5. The third-order valence-electron chi connectivity index (χ3n) is 2.94. The molecule has 0 saturated carbocycles. The Balaban J connectivity index is 2.84. The van der Waals surface area contributed by atoms with Crippen molar-refractivity contribution in [2.75, 3.05) is 0 Å². The molecule has 2 aromatic rings. The normalized spacial score (nSPS) is 10.8. The number of unbranched alkanes of at least 4 members (excludes halogenated alkanes) is 1. The SMILES string of the molecule is CCCCn1c(=O)c(C(=O)O)c(O)c2cccnc21. The van der Waals surface area contributed by atoms with Crippen LogP contribution in [0.5, 0.6) is 5.75 Å². The van der Waals surface area contributed by atoms with Crippen LogP contribution in [-0.4, -0.2) is 25.7 Å². The van der Waals surface area contributed by atoms with Crippen LogP contribution in [0.15, 0.2) is 23.1 Å². The van der Waals surface area contributed by atoms with Crippen molar-refractivity contribution in [2.45, 2.75) is 26.3 Å². The molecule has 0 atom stereocenters. The first kappa shape index (κ1) is 13.1. The highest BCUT2D eigenvalue weighted by atomic mass is 16.4. The quantitative estimate of drug-likeness (QED) is 0.873. The monoisotopic (exact) mass is 262 g/mol. The fraction of sp³-hybridized carbons (Fsp3) is 0.308. The molecule has 6 heteroatoms.